The van der Waals surface area contributed by atoms with Crippen molar-refractivity contribution in [1.82, 2.24) is 0 Å². The second-order valence-corrected chi connectivity index (χ2v) is 2.26. The lowest BCUT2D eigenvalue weighted by molar-refractivity contribution is -0.115. The van der Waals surface area contributed by atoms with Crippen molar-refractivity contribution >= 4 is 29.0 Å². The lowest BCUT2D eigenvalue weighted by Gasteiger charge is -1.91. The van der Waals surface area contributed by atoms with Crippen LogP contribution in [0.1, 0.15) is 19.8 Å². The molecule has 1 nitrogen and oxygen atoms in total. The monoisotopic (exact) mass is 166 g/mol. The SMILES string of the molecule is CCCC(=O)/C(Cl)=C/Cl. The Morgan fingerprint density at radius 1 is 1.67 bits per heavy atom. The van der Waals surface area contributed by atoms with Crippen molar-refractivity contribution in [2.24, 2.45) is 0 Å². The topological polar surface area (TPSA) is 17.1 Å². The number of carbonyl (C=O) groups excluding carboxylic acids is 1. The number of carbonyl (C=O) groups is 1. The van der Waals surface area contributed by atoms with Gasteiger partial charge in [0.2, 0.25) is 0 Å². The van der Waals surface area contributed by atoms with E-state index in [9.17, 15) is 4.79 Å². The van der Waals surface area contributed by atoms with Crippen molar-refractivity contribution in [3.05, 3.63) is 10.6 Å². The maximum Gasteiger partial charge on any atom is 0.175 e. The van der Waals surface area contributed by atoms with E-state index in [1.165, 1.54) is 0 Å². The molecule has 0 aliphatic carbocycles. The van der Waals surface area contributed by atoms with E-state index in [0.29, 0.717) is 6.42 Å². The number of ketones is 1. The predicted octanol–water partition coefficient (Wildman–Crippen LogP) is 2.67. The van der Waals surface area contributed by atoms with Crippen LogP contribution in [0.3, 0.4) is 0 Å². The van der Waals surface area contributed by atoms with Crippen molar-refractivity contribution in [3.63, 3.8) is 0 Å². The molecular formula is C6H8Cl2O. The summed E-state index contributed by atoms with van der Waals surface area (Å²) in [5.41, 5.74) is 1.10. The fourth-order valence-electron chi connectivity index (χ4n) is 0.407. The van der Waals surface area contributed by atoms with Gasteiger partial charge in [-0.25, -0.2) is 0 Å². The van der Waals surface area contributed by atoms with E-state index < -0.39 is 0 Å². The summed E-state index contributed by atoms with van der Waals surface area (Å²) >= 11 is 10.5. The molecule has 0 radical (unpaired) electrons. The third kappa shape index (κ3) is 3.55. The Hall–Kier alpha value is -0.0100. The summed E-state index contributed by atoms with van der Waals surface area (Å²) in [7, 11) is 0. The van der Waals surface area contributed by atoms with Crippen LogP contribution in [0.5, 0.6) is 0 Å². The Morgan fingerprint density at radius 2 is 2.22 bits per heavy atom. The number of Topliss-reactive ketones (excluding diaryl/α,β-unsaturated/α-hetero) is 1. The van der Waals surface area contributed by atoms with Crippen LogP contribution in [0, 0.1) is 0 Å². The first kappa shape index (κ1) is 8.99. The highest BCUT2D eigenvalue weighted by atomic mass is 35.5. The third-order valence-corrected chi connectivity index (χ3v) is 1.49. The molecule has 9 heavy (non-hydrogen) atoms. The molecule has 0 aromatic carbocycles. The molecule has 0 aliphatic rings. The first-order chi connectivity index (χ1) is 4.22. The summed E-state index contributed by atoms with van der Waals surface area (Å²) in [4.78, 5) is 10.7. The molecule has 0 aliphatic heterocycles. The highest BCUT2D eigenvalue weighted by Gasteiger charge is 2.02. The maximum atomic E-state index is 10.7. The fraction of sp³-hybridized carbons (Fsp3) is 0.500. The predicted molar refractivity (Wildman–Crippen MR) is 39.7 cm³/mol. The molecule has 0 amide bonds. The van der Waals surface area contributed by atoms with E-state index >= 15 is 0 Å². The molecule has 0 saturated heterocycles. The summed E-state index contributed by atoms with van der Waals surface area (Å²) in [5.74, 6) is -0.0887. The standard InChI is InChI=1S/C6H8Cl2O/c1-2-3-6(9)5(8)4-7/h4H,2-3H2,1H3/b5-4-. The lowest BCUT2D eigenvalue weighted by atomic mass is 10.2. The normalized spacial score (nSPS) is 11.7. The molecule has 0 rings (SSSR count). The molecule has 0 atom stereocenters. The first-order valence-corrected chi connectivity index (χ1v) is 3.53. The lowest BCUT2D eigenvalue weighted by Crippen LogP contribution is -1.94. The van der Waals surface area contributed by atoms with Gasteiger partial charge < -0.3 is 0 Å². The first-order valence-electron chi connectivity index (χ1n) is 2.71. The molecule has 0 bridgehead atoms. The molecule has 0 aromatic rings. The van der Waals surface area contributed by atoms with E-state index in [2.05, 4.69) is 0 Å². The Bertz CT molecular complexity index is 129. The van der Waals surface area contributed by atoms with Crippen molar-refractivity contribution in [2.75, 3.05) is 0 Å². The number of rotatable bonds is 3. The van der Waals surface area contributed by atoms with Crippen molar-refractivity contribution in [1.29, 1.82) is 0 Å². The fourth-order valence-corrected chi connectivity index (χ4v) is 0.624. The zero-order chi connectivity index (χ0) is 7.28. The minimum atomic E-state index is -0.0887. The third-order valence-electron chi connectivity index (χ3n) is 0.839. The molecule has 0 fully saturated rings. The van der Waals surface area contributed by atoms with Gasteiger partial charge in [0.05, 0.1) is 5.03 Å². The van der Waals surface area contributed by atoms with E-state index in [0.717, 1.165) is 12.0 Å². The Kier molecular flexibility index (Phi) is 4.83. The average molecular weight is 167 g/mol. The Balaban J connectivity index is 3.74. The van der Waals surface area contributed by atoms with Crippen LogP contribution in [0.4, 0.5) is 0 Å². The van der Waals surface area contributed by atoms with Crippen LogP contribution < -0.4 is 0 Å². The summed E-state index contributed by atoms with van der Waals surface area (Å²) < 4.78 is 0. The van der Waals surface area contributed by atoms with Gasteiger partial charge in [-0.05, 0) is 6.42 Å². The summed E-state index contributed by atoms with van der Waals surface area (Å²) in [6.07, 6.45) is 1.28. The largest absolute Gasteiger partial charge is 0.293 e. The van der Waals surface area contributed by atoms with Gasteiger partial charge >= 0.3 is 0 Å². The zero-order valence-electron chi connectivity index (χ0n) is 5.16. The van der Waals surface area contributed by atoms with Crippen LogP contribution in [-0.2, 0) is 4.79 Å². The Morgan fingerprint density at radius 3 is 2.56 bits per heavy atom. The van der Waals surface area contributed by atoms with Crippen molar-refractivity contribution in [2.45, 2.75) is 19.8 Å². The molecule has 0 spiro atoms. The van der Waals surface area contributed by atoms with Crippen LogP contribution in [-0.4, -0.2) is 5.78 Å². The maximum absolute atomic E-state index is 10.7. The zero-order valence-corrected chi connectivity index (χ0v) is 6.67. The van der Waals surface area contributed by atoms with Gasteiger partial charge in [0.25, 0.3) is 0 Å². The van der Waals surface area contributed by atoms with E-state index in [4.69, 9.17) is 23.2 Å². The molecule has 3 heteroatoms. The molecular weight excluding hydrogens is 159 g/mol. The van der Waals surface area contributed by atoms with Gasteiger partial charge in [-0.2, -0.15) is 0 Å². The van der Waals surface area contributed by atoms with Crippen LogP contribution >= 0.6 is 23.2 Å². The molecule has 0 aromatic heterocycles. The Labute approximate surface area is 64.6 Å². The van der Waals surface area contributed by atoms with Crippen molar-refractivity contribution in [3.8, 4) is 0 Å². The molecule has 0 unspecified atom stereocenters. The highest BCUT2D eigenvalue weighted by Crippen LogP contribution is 2.07. The van der Waals surface area contributed by atoms with Gasteiger partial charge in [0.1, 0.15) is 0 Å². The van der Waals surface area contributed by atoms with Crippen LogP contribution in [0.2, 0.25) is 0 Å². The number of allylic oxidation sites excluding steroid dienone is 1. The molecule has 0 heterocycles. The number of hydrogen-bond donors (Lipinski definition) is 0. The summed E-state index contributed by atoms with van der Waals surface area (Å²) in [6, 6.07) is 0. The van der Waals surface area contributed by atoms with E-state index in [1.807, 2.05) is 6.92 Å². The van der Waals surface area contributed by atoms with Crippen LogP contribution in [0.15, 0.2) is 10.6 Å². The van der Waals surface area contributed by atoms with Gasteiger partial charge in [0.15, 0.2) is 5.78 Å². The smallest absolute Gasteiger partial charge is 0.175 e. The van der Waals surface area contributed by atoms with Crippen molar-refractivity contribution < 1.29 is 4.79 Å². The quantitative estimate of drug-likeness (QED) is 0.590. The minimum Gasteiger partial charge on any atom is -0.293 e. The minimum absolute atomic E-state index is 0.0887. The second kappa shape index (κ2) is 4.83. The average Bonchev–Trinajstić information content (AvgIpc) is 1.87. The summed E-state index contributed by atoms with van der Waals surface area (Å²) in [5, 5.41) is 0.124. The second-order valence-electron chi connectivity index (χ2n) is 1.63. The van der Waals surface area contributed by atoms with E-state index in [1.54, 1.807) is 0 Å². The van der Waals surface area contributed by atoms with Gasteiger partial charge in [-0.3, -0.25) is 4.79 Å². The van der Waals surface area contributed by atoms with Gasteiger partial charge in [-0.1, -0.05) is 30.1 Å². The number of halogens is 2. The van der Waals surface area contributed by atoms with Gasteiger partial charge in [0, 0.05) is 12.0 Å². The molecule has 0 N–H and O–H groups in total. The number of hydrogen-bond acceptors (Lipinski definition) is 1. The molecule has 52 valence electrons. The summed E-state index contributed by atoms with van der Waals surface area (Å²) in [6.45, 7) is 1.91. The van der Waals surface area contributed by atoms with Crippen LogP contribution in [0.25, 0.3) is 0 Å². The highest BCUT2D eigenvalue weighted by molar-refractivity contribution is 6.46. The van der Waals surface area contributed by atoms with Gasteiger partial charge in [-0.15, -0.1) is 0 Å². The van der Waals surface area contributed by atoms with E-state index in [-0.39, 0.29) is 10.8 Å². The molecule has 0 saturated carbocycles.